The number of halogens is 5. The number of esters is 2. The number of carbonyl (C=O) groups is 2. The fourth-order valence-electron chi connectivity index (χ4n) is 3.79. The molecule has 0 aromatic carbocycles. The Morgan fingerprint density at radius 2 is 1.58 bits per heavy atom. The molecule has 0 radical (unpaired) electrons. The molecule has 0 unspecified atom stereocenters. The molecule has 1 fully saturated rings. The highest BCUT2D eigenvalue weighted by atomic mass is 35.6. The largest absolute Gasteiger partial charge is 0.463 e. The minimum atomic E-state index is -3.81. The van der Waals surface area contributed by atoms with Gasteiger partial charge in [-0.2, -0.15) is 13.8 Å². The zero-order valence-corrected chi connectivity index (χ0v) is 22.9. The number of nitrogens with zero attached hydrogens (tertiary/aromatic N) is 2. The zero-order chi connectivity index (χ0) is 28.3. The van der Waals surface area contributed by atoms with Gasteiger partial charge in [0, 0.05) is 19.0 Å². The number of nitrogens with two attached hydrogens (primary N) is 1. The van der Waals surface area contributed by atoms with Crippen molar-refractivity contribution in [2.75, 3.05) is 18.9 Å². The predicted molar refractivity (Wildman–Crippen MR) is 136 cm³/mol. The molecular formula is C23H32Cl3F2N3O7. The van der Waals surface area contributed by atoms with Gasteiger partial charge in [-0.3, -0.25) is 14.2 Å². The van der Waals surface area contributed by atoms with Crippen molar-refractivity contribution in [2.45, 2.75) is 92.4 Å². The summed E-state index contributed by atoms with van der Waals surface area (Å²) in [6, 6.07) is 1.15. The van der Waals surface area contributed by atoms with Crippen LogP contribution in [0.5, 0.6) is 0 Å². The van der Waals surface area contributed by atoms with E-state index in [0.717, 1.165) is 50.8 Å². The lowest BCUT2D eigenvalue weighted by Crippen LogP contribution is -2.42. The first kappa shape index (κ1) is 32.5. The number of nitrogen functional groups attached to an aromatic ring is 1. The van der Waals surface area contributed by atoms with Crippen molar-refractivity contribution in [3.05, 3.63) is 22.7 Å². The van der Waals surface area contributed by atoms with Crippen LogP contribution >= 0.6 is 34.8 Å². The first-order chi connectivity index (χ1) is 17.8. The second kappa shape index (κ2) is 15.2. The first-order valence-electron chi connectivity index (χ1n) is 12.2. The molecule has 0 saturated carbocycles. The second-order valence-corrected chi connectivity index (χ2v) is 11.5. The zero-order valence-electron chi connectivity index (χ0n) is 20.6. The molecule has 15 heteroatoms. The van der Waals surface area contributed by atoms with E-state index in [2.05, 4.69) is 4.98 Å². The Morgan fingerprint density at radius 1 is 1.05 bits per heavy atom. The van der Waals surface area contributed by atoms with Crippen LogP contribution in [0, 0.1) is 0 Å². The maximum absolute atomic E-state index is 14.5. The van der Waals surface area contributed by atoms with E-state index in [1.54, 1.807) is 0 Å². The fourth-order valence-corrected chi connectivity index (χ4v) is 3.96. The Labute approximate surface area is 233 Å². The molecule has 1 aliphatic rings. The standard InChI is InChI=1S/C23H32Cl3F2N3O7/c24-22(25,26)14-37-18(33)10-8-6-4-2-1-3-5-7-9-17(32)36-13-15-19(34)23(27,28)20(38-15)31-12-11-16(29)30-21(31)35/h11-12,15,19-20,34H,1-10,13-14H2,(H2,29,30,35)/t15-,19-,20-/m1/s1. The van der Waals surface area contributed by atoms with Gasteiger partial charge in [0.05, 0.1) is 0 Å². The number of hydrogen-bond acceptors (Lipinski definition) is 9. The van der Waals surface area contributed by atoms with Crippen molar-refractivity contribution in [3.8, 4) is 0 Å². The molecule has 38 heavy (non-hydrogen) atoms. The minimum absolute atomic E-state index is 0.0975. The topological polar surface area (TPSA) is 143 Å². The molecule has 2 rings (SSSR count). The van der Waals surface area contributed by atoms with Crippen molar-refractivity contribution in [2.24, 2.45) is 0 Å². The van der Waals surface area contributed by atoms with E-state index in [-0.39, 0.29) is 25.3 Å². The number of rotatable bonds is 15. The van der Waals surface area contributed by atoms with Crippen molar-refractivity contribution in [1.82, 2.24) is 9.55 Å². The monoisotopic (exact) mass is 605 g/mol. The Balaban J connectivity index is 1.55. The molecule has 0 aliphatic carbocycles. The van der Waals surface area contributed by atoms with Crippen LogP contribution in [0.3, 0.4) is 0 Å². The first-order valence-corrected chi connectivity index (χ1v) is 13.4. The van der Waals surface area contributed by atoms with Gasteiger partial charge in [-0.25, -0.2) is 4.79 Å². The summed E-state index contributed by atoms with van der Waals surface area (Å²) < 4.78 is 42.9. The van der Waals surface area contributed by atoms with Gasteiger partial charge < -0.3 is 25.1 Å². The number of anilines is 1. The van der Waals surface area contributed by atoms with Gasteiger partial charge in [-0.05, 0) is 18.9 Å². The van der Waals surface area contributed by atoms with Crippen molar-refractivity contribution < 1.29 is 37.7 Å². The van der Waals surface area contributed by atoms with Crippen LogP contribution in [0.25, 0.3) is 0 Å². The molecule has 1 aromatic rings. The van der Waals surface area contributed by atoms with Crippen LogP contribution in [0.1, 0.15) is 70.4 Å². The van der Waals surface area contributed by atoms with Crippen LogP contribution in [-0.2, 0) is 23.8 Å². The van der Waals surface area contributed by atoms with Crippen molar-refractivity contribution in [1.29, 1.82) is 0 Å². The van der Waals surface area contributed by atoms with Gasteiger partial charge in [0.15, 0.2) is 6.10 Å². The van der Waals surface area contributed by atoms with Crippen molar-refractivity contribution in [3.63, 3.8) is 0 Å². The maximum atomic E-state index is 14.5. The predicted octanol–water partition coefficient (Wildman–Crippen LogP) is 4.08. The van der Waals surface area contributed by atoms with Gasteiger partial charge >= 0.3 is 23.6 Å². The highest BCUT2D eigenvalue weighted by molar-refractivity contribution is 6.67. The molecule has 1 aliphatic heterocycles. The molecule has 1 aromatic heterocycles. The molecule has 3 N–H and O–H groups in total. The number of aliphatic hydroxyl groups excluding tert-OH is 1. The maximum Gasteiger partial charge on any atom is 0.351 e. The lowest BCUT2D eigenvalue weighted by atomic mass is 10.1. The summed E-state index contributed by atoms with van der Waals surface area (Å²) in [5, 5.41) is 9.97. The van der Waals surface area contributed by atoms with Crippen LogP contribution in [0.2, 0.25) is 0 Å². The van der Waals surface area contributed by atoms with E-state index in [4.69, 9.17) is 54.7 Å². The Kier molecular flexibility index (Phi) is 13.0. The highest BCUT2D eigenvalue weighted by Gasteiger charge is 2.60. The minimum Gasteiger partial charge on any atom is -0.463 e. The summed E-state index contributed by atoms with van der Waals surface area (Å²) in [4.78, 5) is 38.8. The normalized spacial score (nSPS) is 20.8. The fraction of sp³-hybridized carbons (Fsp3) is 0.739. The third-order valence-electron chi connectivity index (χ3n) is 5.80. The molecule has 10 nitrogen and oxygen atoms in total. The van der Waals surface area contributed by atoms with Crippen LogP contribution in [0.4, 0.5) is 14.6 Å². The summed E-state index contributed by atoms with van der Waals surface area (Å²) in [6.07, 6.45) is 2.16. The van der Waals surface area contributed by atoms with E-state index >= 15 is 0 Å². The summed E-state index contributed by atoms with van der Waals surface area (Å²) >= 11 is 16.5. The summed E-state index contributed by atoms with van der Waals surface area (Å²) in [7, 11) is 0. The Hall–Kier alpha value is -1.73. The highest BCUT2D eigenvalue weighted by Crippen LogP contribution is 2.42. The summed E-state index contributed by atoms with van der Waals surface area (Å²) in [5.74, 6) is -4.96. The summed E-state index contributed by atoms with van der Waals surface area (Å²) in [6.45, 7) is -0.858. The average molecular weight is 607 g/mol. The van der Waals surface area contributed by atoms with E-state index in [1.807, 2.05) is 0 Å². The Morgan fingerprint density at radius 3 is 2.11 bits per heavy atom. The number of alkyl halides is 5. The number of aromatic nitrogens is 2. The molecule has 0 bridgehead atoms. The SMILES string of the molecule is Nc1ccn([C@@H]2O[C@H](COC(=O)CCCCCCCCCCC(=O)OCC(Cl)(Cl)Cl)[C@@H](O)C2(F)F)c(=O)n1. The average Bonchev–Trinajstić information content (AvgIpc) is 3.05. The van der Waals surface area contributed by atoms with E-state index < -0.39 is 52.4 Å². The summed E-state index contributed by atoms with van der Waals surface area (Å²) in [5.41, 5.74) is 4.31. The number of carbonyl (C=O) groups excluding carboxylic acids is 2. The number of ether oxygens (including phenoxy) is 3. The molecule has 0 amide bonds. The van der Waals surface area contributed by atoms with E-state index in [0.29, 0.717) is 17.4 Å². The number of aliphatic hydroxyl groups is 1. The molecular weight excluding hydrogens is 575 g/mol. The van der Waals surface area contributed by atoms with Crippen LogP contribution in [0.15, 0.2) is 17.1 Å². The van der Waals surface area contributed by atoms with Crippen LogP contribution < -0.4 is 11.4 Å². The molecule has 216 valence electrons. The lowest BCUT2D eigenvalue weighted by molar-refractivity contribution is -0.150. The quantitative estimate of drug-likeness (QED) is 0.171. The Bertz CT molecular complexity index is 978. The molecule has 3 atom stereocenters. The second-order valence-electron chi connectivity index (χ2n) is 8.98. The number of unbranched alkanes of at least 4 members (excludes halogenated alkanes) is 7. The van der Waals surface area contributed by atoms with Gasteiger partial charge in [0.1, 0.15) is 25.1 Å². The molecule has 0 spiro atoms. The van der Waals surface area contributed by atoms with E-state index in [1.165, 1.54) is 0 Å². The van der Waals surface area contributed by atoms with Gasteiger partial charge in [0.2, 0.25) is 10.0 Å². The number of hydrogen-bond donors (Lipinski definition) is 2. The smallest absolute Gasteiger partial charge is 0.351 e. The van der Waals surface area contributed by atoms with Crippen molar-refractivity contribution >= 4 is 52.6 Å². The van der Waals surface area contributed by atoms with Crippen LogP contribution in [-0.4, -0.2) is 61.7 Å². The van der Waals surface area contributed by atoms with Gasteiger partial charge in [-0.15, -0.1) is 0 Å². The third-order valence-corrected chi connectivity index (χ3v) is 6.13. The van der Waals surface area contributed by atoms with Gasteiger partial charge in [0.25, 0.3) is 0 Å². The molecule has 1 saturated heterocycles. The molecule has 2 heterocycles. The lowest BCUT2D eigenvalue weighted by Gasteiger charge is -2.20. The van der Waals surface area contributed by atoms with Gasteiger partial charge in [-0.1, -0.05) is 73.3 Å². The van der Waals surface area contributed by atoms with E-state index in [9.17, 15) is 28.3 Å². The third kappa shape index (κ3) is 10.8.